The number of carbonyl (C=O) groups is 1. The number of benzene rings is 1. The van der Waals surface area contributed by atoms with Crippen LogP contribution in [0.15, 0.2) is 29.0 Å². The Morgan fingerprint density at radius 1 is 1.35 bits per heavy atom. The number of carbonyl (C=O) groups excluding carboxylic acids is 1. The van der Waals surface area contributed by atoms with Gasteiger partial charge in [-0.3, -0.25) is 4.79 Å². The highest BCUT2D eigenvalue weighted by molar-refractivity contribution is 7.08. The molecular formula is C14H12O2S. The van der Waals surface area contributed by atoms with Gasteiger partial charge in [-0.2, -0.15) is 11.3 Å². The van der Waals surface area contributed by atoms with E-state index >= 15 is 0 Å². The third-order valence-electron chi connectivity index (χ3n) is 3.05. The van der Waals surface area contributed by atoms with Crippen LogP contribution in [-0.2, 0) is 6.42 Å². The topological polar surface area (TPSA) is 26.3 Å². The molecular weight excluding hydrogens is 232 g/mol. The molecule has 0 aliphatic carbocycles. The Morgan fingerprint density at radius 3 is 3.00 bits per heavy atom. The van der Waals surface area contributed by atoms with E-state index in [2.05, 4.69) is 0 Å². The monoisotopic (exact) mass is 244 g/mol. The Kier molecular flexibility index (Phi) is 2.48. The standard InChI is InChI=1S/C14H12O2S/c1-9-7-17-8-12(9)14(15)11-2-3-13-10(6-11)4-5-16-13/h2-3,6-8H,4-5H2,1H3. The number of fused-ring (bicyclic) bond motifs is 1. The zero-order valence-corrected chi connectivity index (χ0v) is 10.3. The Hall–Kier alpha value is -1.61. The highest BCUT2D eigenvalue weighted by atomic mass is 32.1. The van der Waals surface area contributed by atoms with E-state index in [0.29, 0.717) is 0 Å². The van der Waals surface area contributed by atoms with Crippen molar-refractivity contribution >= 4 is 17.1 Å². The quantitative estimate of drug-likeness (QED) is 0.758. The molecule has 86 valence electrons. The minimum absolute atomic E-state index is 0.110. The van der Waals surface area contributed by atoms with Crippen LogP contribution in [0.1, 0.15) is 27.0 Å². The molecule has 0 saturated heterocycles. The molecule has 0 saturated carbocycles. The van der Waals surface area contributed by atoms with Gasteiger partial charge in [-0.25, -0.2) is 0 Å². The van der Waals surface area contributed by atoms with Crippen LogP contribution in [0.25, 0.3) is 0 Å². The summed E-state index contributed by atoms with van der Waals surface area (Å²) in [7, 11) is 0. The lowest BCUT2D eigenvalue weighted by Crippen LogP contribution is -2.01. The number of ether oxygens (including phenoxy) is 1. The maximum absolute atomic E-state index is 12.3. The fraction of sp³-hybridized carbons (Fsp3) is 0.214. The van der Waals surface area contributed by atoms with Crippen LogP contribution in [-0.4, -0.2) is 12.4 Å². The maximum atomic E-state index is 12.3. The van der Waals surface area contributed by atoms with Gasteiger partial charge < -0.3 is 4.74 Å². The molecule has 0 N–H and O–H groups in total. The minimum atomic E-state index is 0.110. The van der Waals surface area contributed by atoms with Crippen molar-refractivity contribution in [3.05, 3.63) is 51.2 Å². The van der Waals surface area contributed by atoms with Crippen molar-refractivity contribution in [2.24, 2.45) is 0 Å². The molecule has 1 aromatic heterocycles. The normalized spacial score (nSPS) is 13.2. The third kappa shape index (κ3) is 1.76. The second-order valence-electron chi connectivity index (χ2n) is 4.22. The van der Waals surface area contributed by atoms with E-state index < -0.39 is 0 Å². The fourth-order valence-electron chi connectivity index (χ4n) is 2.08. The van der Waals surface area contributed by atoms with Crippen molar-refractivity contribution in [1.82, 2.24) is 0 Å². The summed E-state index contributed by atoms with van der Waals surface area (Å²) in [5.41, 5.74) is 3.77. The number of hydrogen-bond acceptors (Lipinski definition) is 3. The SMILES string of the molecule is Cc1cscc1C(=O)c1ccc2c(c1)CCO2. The second kappa shape index (κ2) is 4.00. The zero-order chi connectivity index (χ0) is 11.8. The Morgan fingerprint density at radius 2 is 2.24 bits per heavy atom. The fourth-order valence-corrected chi connectivity index (χ4v) is 2.90. The minimum Gasteiger partial charge on any atom is -0.493 e. The van der Waals surface area contributed by atoms with Gasteiger partial charge in [-0.1, -0.05) is 0 Å². The number of rotatable bonds is 2. The van der Waals surface area contributed by atoms with Crippen LogP contribution in [0, 0.1) is 6.92 Å². The summed E-state index contributed by atoms with van der Waals surface area (Å²) in [6.45, 7) is 2.70. The van der Waals surface area contributed by atoms with Gasteiger partial charge in [0.05, 0.1) is 6.61 Å². The molecule has 1 aliphatic rings. The first-order chi connectivity index (χ1) is 8.25. The van der Waals surface area contributed by atoms with Crippen LogP contribution in [0.5, 0.6) is 5.75 Å². The molecule has 0 atom stereocenters. The van der Waals surface area contributed by atoms with Crippen molar-refractivity contribution in [3.8, 4) is 5.75 Å². The van der Waals surface area contributed by atoms with Gasteiger partial charge in [-0.05, 0) is 41.6 Å². The van der Waals surface area contributed by atoms with Crippen molar-refractivity contribution in [3.63, 3.8) is 0 Å². The Balaban J connectivity index is 2.00. The Labute approximate surface area is 104 Å². The molecule has 2 aromatic rings. The van der Waals surface area contributed by atoms with Crippen LogP contribution in [0.3, 0.4) is 0 Å². The van der Waals surface area contributed by atoms with Crippen molar-refractivity contribution < 1.29 is 9.53 Å². The van der Waals surface area contributed by atoms with Crippen molar-refractivity contribution in [1.29, 1.82) is 0 Å². The molecule has 1 aliphatic heterocycles. The van der Waals surface area contributed by atoms with Crippen LogP contribution < -0.4 is 4.74 Å². The van der Waals surface area contributed by atoms with Crippen LogP contribution >= 0.6 is 11.3 Å². The summed E-state index contributed by atoms with van der Waals surface area (Å²) in [6.07, 6.45) is 0.902. The van der Waals surface area contributed by atoms with E-state index in [9.17, 15) is 4.79 Å². The molecule has 17 heavy (non-hydrogen) atoms. The average Bonchev–Trinajstić information content (AvgIpc) is 2.95. The van der Waals surface area contributed by atoms with Gasteiger partial charge >= 0.3 is 0 Å². The van der Waals surface area contributed by atoms with Crippen LogP contribution in [0.2, 0.25) is 0 Å². The van der Waals surface area contributed by atoms with Gasteiger partial charge in [0.2, 0.25) is 0 Å². The van der Waals surface area contributed by atoms with Crippen molar-refractivity contribution in [2.45, 2.75) is 13.3 Å². The van der Waals surface area contributed by atoms with Gasteiger partial charge in [0.15, 0.2) is 5.78 Å². The highest BCUT2D eigenvalue weighted by Crippen LogP contribution is 2.27. The van der Waals surface area contributed by atoms with Gasteiger partial charge in [0.25, 0.3) is 0 Å². The predicted octanol–water partition coefficient (Wildman–Crippen LogP) is 3.22. The van der Waals surface area contributed by atoms with E-state index in [-0.39, 0.29) is 5.78 Å². The first-order valence-electron chi connectivity index (χ1n) is 5.59. The van der Waals surface area contributed by atoms with E-state index in [1.165, 1.54) is 0 Å². The summed E-state index contributed by atoms with van der Waals surface area (Å²) < 4.78 is 5.44. The molecule has 0 unspecified atom stereocenters. The van der Waals surface area contributed by atoms with E-state index in [1.54, 1.807) is 11.3 Å². The van der Waals surface area contributed by atoms with E-state index in [4.69, 9.17) is 4.74 Å². The molecule has 0 fully saturated rings. The lowest BCUT2D eigenvalue weighted by molar-refractivity contribution is 0.103. The molecule has 0 radical (unpaired) electrons. The van der Waals surface area contributed by atoms with Gasteiger partial charge in [0, 0.05) is 22.9 Å². The van der Waals surface area contributed by atoms with Gasteiger partial charge in [-0.15, -0.1) is 0 Å². The predicted molar refractivity (Wildman–Crippen MR) is 68.1 cm³/mol. The summed E-state index contributed by atoms with van der Waals surface area (Å²) in [5.74, 6) is 1.03. The van der Waals surface area contributed by atoms with Crippen LogP contribution in [0.4, 0.5) is 0 Å². The highest BCUT2D eigenvalue weighted by Gasteiger charge is 2.17. The first kappa shape index (κ1) is 10.5. The average molecular weight is 244 g/mol. The lowest BCUT2D eigenvalue weighted by atomic mass is 10.0. The van der Waals surface area contributed by atoms with Crippen molar-refractivity contribution in [2.75, 3.05) is 6.61 Å². The molecule has 3 heteroatoms. The lowest BCUT2D eigenvalue weighted by Gasteiger charge is -2.03. The molecule has 1 aromatic carbocycles. The number of aryl methyl sites for hydroxylation is 1. The molecule has 0 bridgehead atoms. The summed E-state index contributed by atoms with van der Waals surface area (Å²) >= 11 is 1.57. The summed E-state index contributed by atoms with van der Waals surface area (Å²) in [4.78, 5) is 12.3. The number of ketones is 1. The second-order valence-corrected chi connectivity index (χ2v) is 4.96. The van der Waals surface area contributed by atoms with E-state index in [0.717, 1.165) is 41.0 Å². The zero-order valence-electron chi connectivity index (χ0n) is 9.53. The first-order valence-corrected chi connectivity index (χ1v) is 6.53. The largest absolute Gasteiger partial charge is 0.493 e. The smallest absolute Gasteiger partial charge is 0.194 e. The van der Waals surface area contributed by atoms with Gasteiger partial charge in [0.1, 0.15) is 5.75 Å². The summed E-state index contributed by atoms with van der Waals surface area (Å²) in [5, 5.41) is 3.92. The molecule has 2 nitrogen and oxygen atoms in total. The molecule has 3 rings (SSSR count). The molecule has 2 heterocycles. The molecule has 0 amide bonds. The van der Waals surface area contributed by atoms with E-state index in [1.807, 2.05) is 35.9 Å². The Bertz CT molecular complexity index is 584. The number of thiophene rings is 1. The maximum Gasteiger partial charge on any atom is 0.194 e. The number of hydrogen-bond donors (Lipinski definition) is 0. The summed E-state index contributed by atoms with van der Waals surface area (Å²) in [6, 6.07) is 5.71. The molecule has 0 spiro atoms. The third-order valence-corrected chi connectivity index (χ3v) is 3.91.